The van der Waals surface area contributed by atoms with Crippen molar-refractivity contribution in [2.45, 2.75) is 90.5 Å². The van der Waals surface area contributed by atoms with E-state index in [-0.39, 0.29) is 34.4 Å². The lowest BCUT2D eigenvalue weighted by molar-refractivity contribution is -0.0629. The quantitative estimate of drug-likeness (QED) is 0.566. The van der Waals surface area contributed by atoms with Gasteiger partial charge in [0.25, 0.3) is 11.8 Å². The minimum Gasteiger partial charge on any atom is -0.350 e. The molecule has 1 atom stereocenters. The van der Waals surface area contributed by atoms with Crippen LogP contribution < -0.4 is 5.43 Å². The van der Waals surface area contributed by atoms with Gasteiger partial charge >= 0.3 is 0 Å². The highest BCUT2D eigenvalue weighted by Gasteiger charge is 2.51. The Balaban J connectivity index is 1.42. The maximum absolute atomic E-state index is 13.7. The van der Waals surface area contributed by atoms with Crippen LogP contribution in [0.15, 0.2) is 17.2 Å². The SMILES string of the molecule is CCC(C)n1cc(C(=O)N(C)CC23CC4CC(CC(C4)C2)C3)c(=O)c(C(=O)N2CCCCCC2)c1. The predicted octanol–water partition coefficient (Wildman–Crippen LogP) is 5.12. The third-order valence-corrected chi connectivity index (χ3v) is 9.58. The minimum absolute atomic E-state index is 0.103. The lowest BCUT2D eigenvalue weighted by Gasteiger charge is -2.57. The first-order chi connectivity index (χ1) is 16.8. The Hall–Kier alpha value is -2.11. The van der Waals surface area contributed by atoms with E-state index in [2.05, 4.69) is 13.8 Å². The highest BCUT2D eigenvalue weighted by Crippen LogP contribution is 2.60. The maximum Gasteiger partial charge on any atom is 0.259 e. The number of hydrogen-bond acceptors (Lipinski definition) is 3. The second-order valence-corrected chi connectivity index (χ2v) is 12.4. The first kappa shape index (κ1) is 24.6. The Morgan fingerprint density at radius 1 is 0.971 bits per heavy atom. The van der Waals surface area contributed by atoms with Crippen molar-refractivity contribution < 1.29 is 9.59 Å². The molecule has 192 valence electrons. The van der Waals surface area contributed by atoms with Gasteiger partial charge in [0.05, 0.1) is 0 Å². The fraction of sp³-hybridized carbons (Fsp3) is 0.759. The molecule has 0 N–H and O–H groups in total. The van der Waals surface area contributed by atoms with E-state index in [9.17, 15) is 14.4 Å². The zero-order valence-corrected chi connectivity index (χ0v) is 21.9. The van der Waals surface area contributed by atoms with Crippen LogP contribution in [0.5, 0.6) is 0 Å². The van der Waals surface area contributed by atoms with Gasteiger partial charge in [-0.25, -0.2) is 0 Å². The van der Waals surface area contributed by atoms with E-state index in [0.717, 1.165) is 56.4 Å². The lowest BCUT2D eigenvalue weighted by atomic mass is 9.49. The van der Waals surface area contributed by atoms with Gasteiger partial charge in [0.2, 0.25) is 5.43 Å². The van der Waals surface area contributed by atoms with E-state index in [4.69, 9.17) is 0 Å². The van der Waals surface area contributed by atoms with Crippen LogP contribution in [0, 0.1) is 23.2 Å². The van der Waals surface area contributed by atoms with E-state index in [1.165, 1.54) is 38.5 Å². The zero-order valence-electron chi connectivity index (χ0n) is 21.9. The molecule has 4 aliphatic carbocycles. The van der Waals surface area contributed by atoms with Crippen LogP contribution >= 0.6 is 0 Å². The largest absolute Gasteiger partial charge is 0.350 e. The number of pyridine rings is 1. The van der Waals surface area contributed by atoms with Gasteiger partial charge in [-0.3, -0.25) is 14.4 Å². The van der Waals surface area contributed by atoms with Crippen molar-refractivity contribution in [1.82, 2.24) is 14.4 Å². The van der Waals surface area contributed by atoms with Gasteiger partial charge < -0.3 is 14.4 Å². The minimum atomic E-state index is -0.402. The molecule has 0 radical (unpaired) electrons. The molecule has 1 unspecified atom stereocenters. The average molecular weight is 482 g/mol. The molecule has 2 heterocycles. The maximum atomic E-state index is 13.7. The lowest BCUT2D eigenvalue weighted by Crippen LogP contribution is -2.51. The van der Waals surface area contributed by atoms with Crippen molar-refractivity contribution in [3.05, 3.63) is 33.7 Å². The zero-order chi connectivity index (χ0) is 24.7. The number of nitrogens with zero attached hydrogens (tertiary/aromatic N) is 3. The molecule has 1 aromatic heterocycles. The van der Waals surface area contributed by atoms with E-state index < -0.39 is 5.43 Å². The van der Waals surface area contributed by atoms with Gasteiger partial charge in [-0.05, 0) is 87.9 Å². The third-order valence-electron chi connectivity index (χ3n) is 9.58. The normalized spacial score (nSPS) is 30.7. The summed E-state index contributed by atoms with van der Waals surface area (Å²) in [7, 11) is 1.86. The monoisotopic (exact) mass is 481 g/mol. The average Bonchev–Trinajstić information content (AvgIpc) is 3.11. The molecule has 1 aromatic rings. The first-order valence-corrected chi connectivity index (χ1v) is 14.1. The van der Waals surface area contributed by atoms with Crippen LogP contribution in [0.2, 0.25) is 0 Å². The first-order valence-electron chi connectivity index (χ1n) is 14.1. The van der Waals surface area contributed by atoms with Gasteiger partial charge in [0.1, 0.15) is 11.1 Å². The number of carbonyl (C=O) groups excluding carboxylic acids is 2. The molecule has 2 amide bonds. The van der Waals surface area contributed by atoms with Gasteiger partial charge in [-0.2, -0.15) is 0 Å². The third kappa shape index (κ3) is 4.82. The summed E-state index contributed by atoms with van der Waals surface area (Å²) in [5.41, 5.74) is 0.120. The molecule has 5 fully saturated rings. The van der Waals surface area contributed by atoms with E-state index in [1.807, 2.05) is 16.5 Å². The van der Waals surface area contributed by atoms with Gasteiger partial charge in [-0.15, -0.1) is 0 Å². The number of aromatic nitrogens is 1. The summed E-state index contributed by atoms with van der Waals surface area (Å²) in [5, 5.41) is 0. The molecular formula is C29H43N3O3. The van der Waals surface area contributed by atoms with Crippen molar-refractivity contribution in [2.75, 3.05) is 26.7 Å². The molecule has 6 nitrogen and oxygen atoms in total. The van der Waals surface area contributed by atoms with E-state index >= 15 is 0 Å². The van der Waals surface area contributed by atoms with Gasteiger partial charge in [0.15, 0.2) is 0 Å². The molecule has 0 aromatic carbocycles. The summed E-state index contributed by atoms with van der Waals surface area (Å²) in [6.07, 6.45) is 16.2. The molecule has 4 saturated carbocycles. The van der Waals surface area contributed by atoms with Crippen molar-refractivity contribution in [3.63, 3.8) is 0 Å². The second kappa shape index (κ2) is 9.74. The number of amides is 2. The van der Waals surface area contributed by atoms with Crippen molar-refractivity contribution in [3.8, 4) is 0 Å². The molecule has 4 bridgehead atoms. The summed E-state index contributed by atoms with van der Waals surface area (Å²) in [6.45, 7) is 6.25. The highest BCUT2D eigenvalue weighted by molar-refractivity contribution is 5.99. The molecule has 0 spiro atoms. The summed E-state index contributed by atoms with van der Waals surface area (Å²) in [6, 6.07) is 0.103. The predicted molar refractivity (Wildman–Crippen MR) is 138 cm³/mol. The fourth-order valence-corrected chi connectivity index (χ4v) is 8.08. The second-order valence-electron chi connectivity index (χ2n) is 12.4. The molecule has 5 aliphatic rings. The van der Waals surface area contributed by atoms with Crippen LogP contribution in [0.1, 0.15) is 111 Å². The summed E-state index contributed by atoms with van der Waals surface area (Å²) < 4.78 is 1.91. The van der Waals surface area contributed by atoms with E-state index in [1.54, 1.807) is 17.3 Å². The van der Waals surface area contributed by atoms with Crippen LogP contribution in [0.4, 0.5) is 0 Å². The number of carbonyl (C=O) groups is 2. The smallest absolute Gasteiger partial charge is 0.259 e. The van der Waals surface area contributed by atoms with Crippen molar-refractivity contribution >= 4 is 11.8 Å². The number of rotatable bonds is 6. The highest BCUT2D eigenvalue weighted by atomic mass is 16.2. The Morgan fingerprint density at radius 2 is 1.51 bits per heavy atom. The molecule has 1 aliphatic heterocycles. The molecule has 1 saturated heterocycles. The van der Waals surface area contributed by atoms with Crippen molar-refractivity contribution in [2.24, 2.45) is 23.2 Å². The van der Waals surface area contributed by atoms with Crippen LogP contribution in [-0.4, -0.2) is 52.9 Å². The standard InChI is InChI=1S/C29H43N3O3/c1-4-20(2)32-17-24(26(33)25(18-32)28(35)31-9-7-5-6-8-10-31)27(34)30(3)19-29-14-21-11-22(15-29)13-23(12-21)16-29/h17-18,20-23H,4-16,19H2,1-3H3. The fourth-order valence-electron chi connectivity index (χ4n) is 8.08. The van der Waals surface area contributed by atoms with Crippen LogP contribution in [0.3, 0.4) is 0 Å². The van der Waals surface area contributed by atoms with Crippen LogP contribution in [0.25, 0.3) is 0 Å². The Kier molecular flexibility index (Phi) is 6.84. The van der Waals surface area contributed by atoms with Crippen molar-refractivity contribution in [1.29, 1.82) is 0 Å². The molecular weight excluding hydrogens is 438 g/mol. The van der Waals surface area contributed by atoms with Gasteiger partial charge in [-0.1, -0.05) is 19.8 Å². The number of hydrogen-bond donors (Lipinski definition) is 0. The van der Waals surface area contributed by atoms with Crippen LogP contribution in [-0.2, 0) is 0 Å². The Bertz CT molecular complexity index is 985. The molecule has 6 heteroatoms. The van der Waals surface area contributed by atoms with Gasteiger partial charge in [0, 0.05) is 45.1 Å². The van der Waals surface area contributed by atoms with E-state index in [0.29, 0.717) is 13.1 Å². The topological polar surface area (TPSA) is 62.6 Å². The summed E-state index contributed by atoms with van der Waals surface area (Å²) >= 11 is 0. The molecule has 6 rings (SSSR count). The Labute approximate surface area is 210 Å². The molecule has 35 heavy (non-hydrogen) atoms. The summed E-state index contributed by atoms with van der Waals surface area (Å²) in [4.78, 5) is 44.4. The summed E-state index contributed by atoms with van der Waals surface area (Å²) in [5.74, 6) is 2.02. The Morgan fingerprint density at radius 3 is 2.06 bits per heavy atom. The number of likely N-dealkylation sites (tertiary alicyclic amines) is 1.